The molecule has 13 nitrogen and oxygen atoms in total. The molecule has 1 spiro atoms. The van der Waals surface area contributed by atoms with Crippen molar-refractivity contribution in [3.63, 3.8) is 0 Å². The minimum atomic E-state index is -1.22. The SMILES string of the molecule is C=Cc1c(C)cc(N)c(C=N)c1-c1nc(OC)c2c(N3CCOCC(C)(O)C3)nc(OCC34CCCN(C5CC6(CCOC6)C5)C3(N)CCC4)nc2c1F.CC. The lowest BCUT2D eigenvalue weighted by molar-refractivity contribution is -0.134. The summed E-state index contributed by atoms with van der Waals surface area (Å²) in [4.78, 5) is 18.8. The van der Waals surface area contributed by atoms with Gasteiger partial charge in [0.1, 0.15) is 34.6 Å². The van der Waals surface area contributed by atoms with E-state index in [1.165, 1.54) is 7.11 Å². The number of nitrogens with one attached hydrogen (secondary N) is 1. The fourth-order valence-electron chi connectivity index (χ4n) is 10.3. The molecule has 0 amide bonds. The van der Waals surface area contributed by atoms with Crippen LogP contribution in [-0.4, -0.2) is 108 Å². The number of nitrogens with two attached hydrogens (primary N) is 2. The molecule has 304 valence electrons. The first-order chi connectivity index (χ1) is 26.9. The van der Waals surface area contributed by atoms with E-state index < -0.39 is 17.1 Å². The molecule has 14 heteroatoms. The van der Waals surface area contributed by atoms with Crippen molar-refractivity contribution in [2.75, 3.05) is 70.4 Å². The molecule has 3 aromatic rings. The number of fused-ring (bicyclic) bond motifs is 2. The van der Waals surface area contributed by atoms with E-state index in [9.17, 15) is 5.11 Å². The number of hydrogen-bond donors (Lipinski definition) is 4. The number of halogens is 1. The van der Waals surface area contributed by atoms with Gasteiger partial charge in [-0.25, -0.2) is 9.37 Å². The second-order valence-corrected chi connectivity index (χ2v) is 16.7. The Labute approximate surface area is 329 Å². The van der Waals surface area contributed by atoms with Crippen molar-refractivity contribution in [1.29, 1.82) is 5.41 Å². The molecule has 3 aliphatic heterocycles. The summed E-state index contributed by atoms with van der Waals surface area (Å²) in [5.74, 6) is -0.371. The molecular weight excluding hydrogens is 716 g/mol. The summed E-state index contributed by atoms with van der Waals surface area (Å²) in [5, 5.41) is 19.6. The average molecular weight is 775 g/mol. The zero-order chi connectivity index (χ0) is 40.0. The first-order valence-electron chi connectivity index (χ1n) is 20.2. The van der Waals surface area contributed by atoms with Gasteiger partial charge in [0, 0.05) is 54.2 Å². The number of nitrogens with zero attached hydrogens (tertiary/aromatic N) is 5. The van der Waals surface area contributed by atoms with Crippen LogP contribution in [0.15, 0.2) is 12.6 Å². The van der Waals surface area contributed by atoms with Crippen molar-refractivity contribution in [2.24, 2.45) is 16.6 Å². The number of ether oxygens (including phenoxy) is 4. The molecule has 6 N–H and O–H groups in total. The van der Waals surface area contributed by atoms with Gasteiger partial charge in [-0.15, -0.1) is 0 Å². The van der Waals surface area contributed by atoms with Crippen LogP contribution < -0.4 is 25.8 Å². The number of aryl methyl sites for hydroxylation is 1. The summed E-state index contributed by atoms with van der Waals surface area (Å²) in [6, 6.07) is 2.15. The third kappa shape index (κ3) is 6.70. The van der Waals surface area contributed by atoms with Gasteiger partial charge in [0.2, 0.25) is 5.88 Å². The summed E-state index contributed by atoms with van der Waals surface area (Å²) < 4.78 is 41.4. The summed E-state index contributed by atoms with van der Waals surface area (Å²) in [7, 11) is 1.45. The number of pyridine rings is 1. The highest BCUT2D eigenvalue weighted by Gasteiger charge is 2.62. The van der Waals surface area contributed by atoms with Gasteiger partial charge in [-0.3, -0.25) is 4.90 Å². The number of hydrogen-bond acceptors (Lipinski definition) is 13. The zero-order valence-corrected chi connectivity index (χ0v) is 33.7. The number of rotatable bonds is 9. The van der Waals surface area contributed by atoms with Gasteiger partial charge in [-0.2, -0.15) is 9.97 Å². The topological polar surface area (TPSA) is 178 Å². The smallest absolute Gasteiger partial charge is 0.319 e. The zero-order valence-electron chi connectivity index (χ0n) is 33.7. The fraction of sp³-hybridized carbons (Fsp3) is 0.619. The lowest BCUT2D eigenvalue weighted by atomic mass is 9.62. The van der Waals surface area contributed by atoms with Crippen molar-refractivity contribution < 1.29 is 28.4 Å². The maximum atomic E-state index is 17.4. The molecule has 2 saturated carbocycles. The van der Waals surface area contributed by atoms with Crippen LogP contribution in [0.25, 0.3) is 28.2 Å². The molecule has 5 fully saturated rings. The summed E-state index contributed by atoms with van der Waals surface area (Å²) in [5.41, 5.74) is 14.2. The highest BCUT2D eigenvalue weighted by molar-refractivity contribution is 6.02. The number of piperidine rings is 1. The standard InChI is InChI=1S/C40H53FN8O5.C2H6/c1-5-26-24(2)16-28(43)27(19-42)29(26)32-31(41)33-30(35(45-32)51-4)34(48-13-15-53-21-37(3,50)20-48)47-36(46-33)54-23-39-8-6-10-40(39,44)49(12-7-9-39)25-17-38(18-25)11-14-52-22-38;1-2/h5,16,19,25,42,50H,1,6-15,17-18,20-23,43-44H2,2-4H3;1-2H3. The summed E-state index contributed by atoms with van der Waals surface area (Å²) >= 11 is 0. The van der Waals surface area contributed by atoms with Gasteiger partial charge in [-0.05, 0) is 87.8 Å². The molecule has 3 saturated heterocycles. The predicted molar refractivity (Wildman–Crippen MR) is 217 cm³/mol. The van der Waals surface area contributed by atoms with Crippen LogP contribution in [0.3, 0.4) is 0 Å². The quantitative estimate of drug-likeness (QED) is 0.151. The molecule has 8 rings (SSSR count). The Kier molecular flexibility index (Phi) is 11.1. The molecule has 56 heavy (non-hydrogen) atoms. The monoisotopic (exact) mass is 774 g/mol. The number of aromatic nitrogens is 3. The number of nitrogen functional groups attached to an aromatic ring is 1. The summed E-state index contributed by atoms with van der Waals surface area (Å²) in [6.45, 7) is 15.4. The Balaban J connectivity index is 0.00000237. The van der Waals surface area contributed by atoms with Crippen molar-refractivity contribution in [3.05, 3.63) is 35.2 Å². The average Bonchev–Trinajstić information content (AvgIpc) is 3.76. The maximum Gasteiger partial charge on any atom is 0.319 e. The van der Waals surface area contributed by atoms with Crippen molar-refractivity contribution in [1.82, 2.24) is 19.9 Å². The Morgan fingerprint density at radius 2 is 1.82 bits per heavy atom. The molecule has 0 bridgehead atoms. The van der Waals surface area contributed by atoms with Crippen LogP contribution in [0.1, 0.15) is 88.8 Å². The second kappa shape index (κ2) is 15.4. The van der Waals surface area contributed by atoms with Crippen LogP contribution in [0.2, 0.25) is 0 Å². The van der Waals surface area contributed by atoms with Gasteiger partial charge < -0.3 is 45.8 Å². The largest absolute Gasteiger partial charge is 0.480 e. The van der Waals surface area contributed by atoms with Gasteiger partial charge in [0.25, 0.3) is 0 Å². The van der Waals surface area contributed by atoms with E-state index in [1.807, 2.05) is 25.7 Å². The van der Waals surface area contributed by atoms with Gasteiger partial charge in [0.05, 0.1) is 39.1 Å². The minimum absolute atomic E-state index is 0.00756. The maximum absolute atomic E-state index is 17.4. The van der Waals surface area contributed by atoms with E-state index in [-0.39, 0.29) is 53.7 Å². The Morgan fingerprint density at radius 3 is 2.52 bits per heavy atom. The molecule has 3 atom stereocenters. The van der Waals surface area contributed by atoms with E-state index in [0.29, 0.717) is 52.8 Å². The lowest BCUT2D eigenvalue weighted by Gasteiger charge is -2.60. The third-order valence-electron chi connectivity index (χ3n) is 13.0. The number of aliphatic hydroxyl groups is 1. The predicted octanol–water partition coefficient (Wildman–Crippen LogP) is 5.85. The molecule has 5 aliphatic rings. The molecule has 3 unspecified atom stereocenters. The first-order valence-corrected chi connectivity index (χ1v) is 20.2. The van der Waals surface area contributed by atoms with Crippen LogP contribution >= 0.6 is 0 Å². The van der Waals surface area contributed by atoms with E-state index in [4.69, 9.17) is 50.8 Å². The minimum Gasteiger partial charge on any atom is -0.480 e. The summed E-state index contributed by atoms with van der Waals surface area (Å²) in [6.07, 6.45) is 10.7. The Hall–Kier alpha value is -3.95. The number of likely N-dealkylation sites (tertiary alicyclic amines) is 1. The van der Waals surface area contributed by atoms with E-state index in [0.717, 1.165) is 82.9 Å². The van der Waals surface area contributed by atoms with Gasteiger partial charge >= 0.3 is 6.01 Å². The van der Waals surface area contributed by atoms with Crippen molar-refractivity contribution >= 4 is 34.7 Å². The highest BCUT2D eigenvalue weighted by Crippen LogP contribution is 2.58. The van der Waals surface area contributed by atoms with Gasteiger partial charge in [-0.1, -0.05) is 26.5 Å². The molecule has 1 aromatic carbocycles. The molecular formula is C42H59FN8O5. The van der Waals surface area contributed by atoms with Crippen LogP contribution in [0, 0.1) is 29.0 Å². The molecule has 5 heterocycles. The van der Waals surface area contributed by atoms with Crippen LogP contribution in [-0.2, 0) is 9.47 Å². The second-order valence-electron chi connectivity index (χ2n) is 16.7. The first kappa shape index (κ1) is 40.3. The highest BCUT2D eigenvalue weighted by atomic mass is 19.1. The van der Waals surface area contributed by atoms with E-state index in [1.54, 1.807) is 19.1 Å². The van der Waals surface area contributed by atoms with Crippen LogP contribution in [0.4, 0.5) is 15.9 Å². The Morgan fingerprint density at radius 1 is 1.07 bits per heavy atom. The molecule has 0 radical (unpaired) electrons. The van der Waals surface area contributed by atoms with Crippen molar-refractivity contribution in [2.45, 2.75) is 96.4 Å². The Bertz CT molecular complexity index is 1950. The molecule has 2 aromatic heterocycles. The van der Waals surface area contributed by atoms with E-state index >= 15 is 4.39 Å². The van der Waals surface area contributed by atoms with E-state index in [2.05, 4.69) is 11.5 Å². The third-order valence-corrected chi connectivity index (χ3v) is 13.0. The van der Waals surface area contributed by atoms with Crippen molar-refractivity contribution in [3.8, 4) is 23.1 Å². The number of anilines is 2. The van der Waals surface area contributed by atoms with Gasteiger partial charge in [0.15, 0.2) is 5.82 Å². The normalized spacial score (nSPS) is 30.3. The lowest BCUT2D eigenvalue weighted by Crippen LogP contribution is -2.72. The molecule has 2 aliphatic carbocycles. The number of benzene rings is 1. The number of β-amino-alcohol motifs (C(OH)–C–C–N with tert-alkyl or cyclic N) is 1. The fourth-order valence-corrected chi connectivity index (χ4v) is 10.3. The van der Waals surface area contributed by atoms with Crippen LogP contribution in [0.5, 0.6) is 11.9 Å². The number of methoxy groups -OCH3 is 1.